The number of nitrogens with zero attached hydrogens (tertiary/aromatic N) is 3. The maximum atomic E-state index is 13.6. The SMILES string of the molecule is Cn1ccc2c(c(-c3cc(F)cc(F)c3)nc3n[nH]c(N)c32)c1=O. The molecule has 4 rings (SSSR count). The monoisotopic (exact) mass is 327 g/mol. The van der Waals surface area contributed by atoms with E-state index in [2.05, 4.69) is 15.2 Å². The van der Waals surface area contributed by atoms with E-state index >= 15 is 0 Å². The van der Waals surface area contributed by atoms with Crippen LogP contribution in [0.3, 0.4) is 0 Å². The molecular formula is C16H11F2N5O. The summed E-state index contributed by atoms with van der Waals surface area (Å²) in [6.07, 6.45) is 1.59. The Kier molecular flexibility index (Phi) is 2.89. The number of aromatic nitrogens is 4. The number of nitrogens with one attached hydrogen (secondary N) is 1. The van der Waals surface area contributed by atoms with Crippen LogP contribution in [0.25, 0.3) is 33.1 Å². The van der Waals surface area contributed by atoms with Gasteiger partial charge < -0.3 is 10.3 Å². The van der Waals surface area contributed by atoms with Crippen LogP contribution in [0, 0.1) is 11.6 Å². The van der Waals surface area contributed by atoms with Gasteiger partial charge in [0.25, 0.3) is 5.56 Å². The highest BCUT2D eigenvalue weighted by atomic mass is 19.1. The van der Waals surface area contributed by atoms with E-state index in [9.17, 15) is 13.6 Å². The van der Waals surface area contributed by atoms with Crippen LogP contribution in [0.15, 0.2) is 35.3 Å². The number of benzene rings is 1. The average Bonchev–Trinajstić information content (AvgIpc) is 2.90. The largest absolute Gasteiger partial charge is 0.383 e. The van der Waals surface area contributed by atoms with Crippen molar-refractivity contribution in [2.45, 2.75) is 0 Å². The van der Waals surface area contributed by atoms with Crippen molar-refractivity contribution in [3.63, 3.8) is 0 Å². The smallest absolute Gasteiger partial charge is 0.260 e. The van der Waals surface area contributed by atoms with Gasteiger partial charge in [0, 0.05) is 30.3 Å². The van der Waals surface area contributed by atoms with Crippen molar-refractivity contribution in [2.24, 2.45) is 7.05 Å². The summed E-state index contributed by atoms with van der Waals surface area (Å²) in [6, 6.07) is 4.71. The molecule has 8 heteroatoms. The van der Waals surface area contributed by atoms with Crippen molar-refractivity contribution >= 4 is 27.6 Å². The number of hydrogen-bond donors (Lipinski definition) is 2. The fourth-order valence-corrected chi connectivity index (χ4v) is 2.82. The molecule has 3 heterocycles. The Balaban J connectivity index is 2.25. The molecule has 0 atom stereocenters. The molecule has 1 aromatic carbocycles. The number of aromatic amines is 1. The topological polar surface area (TPSA) is 89.6 Å². The van der Waals surface area contributed by atoms with Crippen LogP contribution < -0.4 is 11.3 Å². The number of H-pyrrole nitrogens is 1. The highest BCUT2D eigenvalue weighted by molar-refractivity contribution is 6.13. The summed E-state index contributed by atoms with van der Waals surface area (Å²) in [5.41, 5.74) is 6.12. The maximum absolute atomic E-state index is 13.6. The van der Waals surface area contributed by atoms with Gasteiger partial charge in [-0.1, -0.05) is 0 Å². The number of nitrogens with two attached hydrogens (primary N) is 1. The second-order valence-electron chi connectivity index (χ2n) is 5.47. The Hall–Kier alpha value is -3.29. The Bertz CT molecular complexity index is 1160. The van der Waals surface area contributed by atoms with Crippen molar-refractivity contribution in [2.75, 3.05) is 5.73 Å². The molecule has 0 aliphatic heterocycles. The minimum absolute atomic E-state index is 0.156. The summed E-state index contributed by atoms with van der Waals surface area (Å²) >= 11 is 0. The number of rotatable bonds is 1. The predicted octanol–water partition coefficient (Wildman–Crippen LogP) is 2.34. The van der Waals surface area contributed by atoms with E-state index in [1.165, 1.54) is 4.57 Å². The fourth-order valence-electron chi connectivity index (χ4n) is 2.82. The molecule has 0 saturated carbocycles. The molecule has 0 aliphatic carbocycles. The lowest BCUT2D eigenvalue weighted by Crippen LogP contribution is -2.17. The van der Waals surface area contributed by atoms with Crippen molar-refractivity contribution in [1.29, 1.82) is 0 Å². The van der Waals surface area contributed by atoms with Gasteiger partial charge in [-0.05, 0) is 18.2 Å². The van der Waals surface area contributed by atoms with E-state index < -0.39 is 11.6 Å². The lowest BCUT2D eigenvalue weighted by atomic mass is 10.0. The molecule has 0 radical (unpaired) electrons. The molecule has 3 N–H and O–H groups in total. The fraction of sp³-hybridized carbons (Fsp3) is 0.0625. The van der Waals surface area contributed by atoms with Crippen LogP contribution in [-0.2, 0) is 7.05 Å². The molecule has 3 aromatic heterocycles. The zero-order valence-electron chi connectivity index (χ0n) is 12.5. The first-order valence-corrected chi connectivity index (χ1v) is 7.05. The van der Waals surface area contributed by atoms with Crippen LogP contribution in [0.5, 0.6) is 0 Å². The number of anilines is 1. The molecule has 24 heavy (non-hydrogen) atoms. The van der Waals surface area contributed by atoms with Crippen molar-refractivity contribution < 1.29 is 8.78 Å². The van der Waals surface area contributed by atoms with Gasteiger partial charge >= 0.3 is 0 Å². The number of hydrogen-bond acceptors (Lipinski definition) is 4. The van der Waals surface area contributed by atoms with E-state index in [1.54, 1.807) is 19.3 Å². The third kappa shape index (κ3) is 1.96. The Morgan fingerprint density at radius 2 is 1.88 bits per heavy atom. The van der Waals surface area contributed by atoms with Gasteiger partial charge in [-0.25, -0.2) is 13.8 Å². The summed E-state index contributed by atoms with van der Waals surface area (Å²) in [5, 5.41) is 7.86. The first-order valence-electron chi connectivity index (χ1n) is 7.05. The molecule has 120 valence electrons. The van der Waals surface area contributed by atoms with Gasteiger partial charge in [0.05, 0.1) is 16.5 Å². The highest BCUT2D eigenvalue weighted by Gasteiger charge is 2.18. The van der Waals surface area contributed by atoms with Crippen molar-refractivity contribution in [3.8, 4) is 11.3 Å². The number of nitrogen functional groups attached to an aromatic ring is 1. The number of fused-ring (bicyclic) bond motifs is 3. The summed E-state index contributed by atoms with van der Waals surface area (Å²) in [7, 11) is 1.58. The predicted molar refractivity (Wildman–Crippen MR) is 86.4 cm³/mol. The van der Waals surface area contributed by atoms with Gasteiger partial charge in [0.2, 0.25) is 0 Å². The Morgan fingerprint density at radius 1 is 1.17 bits per heavy atom. The zero-order chi connectivity index (χ0) is 17.0. The zero-order valence-corrected chi connectivity index (χ0v) is 12.5. The van der Waals surface area contributed by atoms with Gasteiger partial charge in [-0.15, -0.1) is 0 Å². The minimum atomic E-state index is -0.755. The summed E-state index contributed by atoms with van der Waals surface area (Å²) < 4.78 is 28.6. The number of aryl methyl sites for hydroxylation is 1. The van der Waals surface area contributed by atoms with Crippen molar-refractivity contribution in [1.82, 2.24) is 19.7 Å². The van der Waals surface area contributed by atoms with E-state index in [4.69, 9.17) is 5.73 Å². The molecule has 0 amide bonds. The quantitative estimate of drug-likeness (QED) is 0.561. The summed E-state index contributed by atoms with van der Waals surface area (Å²) in [5.74, 6) is -1.24. The highest BCUT2D eigenvalue weighted by Crippen LogP contribution is 2.32. The molecule has 4 aromatic rings. The van der Waals surface area contributed by atoms with Crippen LogP contribution in [0.1, 0.15) is 0 Å². The second-order valence-corrected chi connectivity index (χ2v) is 5.47. The van der Waals surface area contributed by atoms with E-state index in [0.717, 1.165) is 18.2 Å². The molecule has 0 aliphatic rings. The molecule has 0 saturated heterocycles. The summed E-state index contributed by atoms with van der Waals surface area (Å²) in [6.45, 7) is 0. The minimum Gasteiger partial charge on any atom is -0.383 e. The molecule has 0 fully saturated rings. The first-order chi connectivity index (χ1) is 11.5. The van der Waals surface area contributed by atoms with E-state index in [1.807, 2.05) is 0 Å². The average molecular weight is 327 g/mol. The second kappa shape index (κ2) is 4.85. The van der Waals surface area contributed by atoms with Gasteiger partial charge in [-0.2, -0.15) is 5.10 Å². The third-order valence-electron chi connectivity index (χ3n) is 3.90. The van der Waals surface area contributed by atoms with Gasteiger partial charge in [-0.3, -0.25) is 9.89 Å². The van der Waals surface area contributed by atoms with E-state index in [0.29, 0.717) is 10.8 Å². The maximum Gasteiger partial charge on any atom is 0.260 e. The van der Waals surface area contributed by atoms with Crippen LogP contribution in [0.4, 0.5) is 14.6 Å². The third-order valence-corrected chi connectivity index (χ3v) is 3.90. The van der Waals surface area contributed by atoms with Gasteiger partial charge in [0.15, 0.2) is 5.65 Å². The first kappa shape index (κ1) is 14.3. The molecular weight excluding hydrogens is 316 g/mol. The van der Waals surface area contributed by atoms with Crippen LogP contribution >= 0.6 is 0 Å². The molecule has 0 unspecified atom stereocenters. The summed E-state index contributed by atoms with van der Waals surface area (Å²) in [4.78, 5) is 16.9. The Morgan fingerprint density at radius 3 is 2.58 bits per heavy atom. The number of halogens is 2. The van der Waals surface area contributed by atoms with Crippen molar-refractivity contribution in [3.05, 3.63) is 52.5 Å². The normalized spacial score (nSPS) is 11.5. The van der Waals surface area contributed by atoms with Crippen LogP contribution in [-0.4, -0.2) is 19.7 Å². The molecule has 0 bridgehead atoms. The van der Waals surface area contributed by atoms with Crippen LogP contribution in [0.2, 0.25) is 0 Å². The molecule has 0 spiro atoms. The van der Waals surface area contributed by atoms with E-state index in [-0.39, 0.29) is 33.7 Å². The number of pyridine rings is 2. The standard InChI is InChI=1S/C16H11F2N5O/c1-23-3-2-10-11(16(23)24)13(7-4-8(17)6-9(18)5-7)20-15-12(10)14(19)21-22-15/h2-6H,1H3,(H3,19,20,21,22). The Labute approximate surface area is 133 Å². The van der Waals surface area contributed by atoms with Gasteiger partial charge in [0.1, 0.15) is 17.5 Å². The lowest BCUT2D eigenvalue weighted by Gasteiger charge is -2.09. The lowest BCUT2D eigenvalue weighted by molar-refractivity contribution is 0.584. The molecule has 6 nitrogen and oxygen atoms in total.